The lowest BCUT2D eigenvalue weighted by molar-refractivity contribution is 0.102. The van der Waals surface area contributed by atoms with Crippen molar-refractivity contribution >= 4 is 34.4 Å². The zero-order valence-electron chi connectivity index (χ0n) is 15.7. The molecule has 0 spiro atoms. The van der Waals surface area contributed by atoms with Gasteiger partial charge in [-0.05, 0) is 42.1 Å². The van der Waals surface area contributed by atoms with E-state index in [0.29, 0.717) is 29.4 Å². The second-order valence-corrected chi connectivity index (χ2v) is 8.92. The fourth-order valence-electron chi connectivity index (χ4n) is 2.74. The predicted molar refractivity (Wildman–Crippen MR) is 106 cm³/mol. The van der Waals surface area contributed by atoms with Crippen LogP contribution in [-0.2, 0) is 11.2 Å². The Kier molecular flexibility index (Phi) is 7.80. The van der Waals surface area contributed by atoms with Gasteiger partial charge in [-0.25, -0.2) is 13.2 Å². The molecule has 28 heavy (non-hydrogen) atoms. The van der Waals surface area contributed by atoms with E-state index in [4.69, 9.17) is 11.6 Å². The lowest BCUT2D eigenvalue weighted by atomic mass is 10.1. The molecule has 2 aromatic rings. The number of rotatable bonds is 7. The molecule has 2 aromatic carbocycles. The Hall–Kier alpha value is -1.70. The van der Waals surface area contributed by atoms with E-state index in [2.05, 4.69) is 5.32 Å². The molecule has 0 saturated carbocycles. The fourth-order valence-corrected chi connectivity index (χ4v) is 4.81. The molecule has 0 radical (unpaired) electrons. The molecule has 0 fully saturated rings. The maximum absolute atomic E-state index is 13.3. The van der Waals surface area contributed by atoms with Gasteiger partial charge in [-0.1, -0.05) is 32.4 Å². The molecule has 0 aromatic heterocycles. The summed E-state index contributed by atoms with van der Waals surface area (Å²) in [6.07, 6.45) is 1.43. The lowest BCUT2D eigenvalue weighted by Crippen LogP contribution is -2.23. The van der Waals surface area contributed by atoms with E-state index in [-0.39, 0.29) is 21.5 Å². The minimum absolute atomic E-state index is 0.115. The van der Waals surface area contributed by atoms with Crippen LogP contribution in [0.2, 0.25) is 5.02 Å². The average Bonchev–Trinajstić information content (AvgIpc) is 2.63. The van der Waals surface area contributed by atoms with Crippen molar-refractivity contribution in [3.05, 3.63) is 58.4 Å². The number of hydrogen-bond acceptors (Lipinski definition) is 2. The quantitative estimate of drug-likeness (QED) is 0.435. The largest absolute Gasteiger partial charge is 0.611 e. The van der Waals surface area contributed by atoms with E-state index in [1.807, 2.05) is 20.8 Å². The summed E-state index contributed by atoms with van der Waals surface area (Å²) in [5.41, 5.74) is -0.109. The van der Waals surface area contributed by atoms with Gasteiger partial charge < -0.3 is 9.87 Å². The third-order valence-electron chi connectivity index (χ3n) is 4.14. The lowest BCUT2D eigenvalue weighted by Gasteiger charge is -2.22. The van der Waals surface area contributed by atoms with Gasteiger partial charge in [0.05, 0.1) is 5.02 Å². The van der Waals surface area contributed by atoms with Gasteiger partial charge in [-0.3, -0.25) is 4.79 Å². The third kappa shape index (κ3) is 5.43. The molecule has 152 valence electrons. The zero-order chi connectivity index (χ0) is 21.0. The minimum atomic E-state index is -1.61. The number of nitrogens with one attached hydrogen (secondary N) is 1. The van der Waals surface area contributed by atoms with Crippen molar-refractivity contribution in [1.29, 1.82) is 0 Å². The Balaban J connectivity index is 2.27. The number of carbonyl (C=O) groups excluding carboxylic acids is 1. The second kappa shape index (κ2) is 9.67. The highest BCUT2D eigenvalue weighted by Gasteiger charge is 2.27. The van der Waals surface area contributed by atoms with Gasteiger partial charge in [0, 0.05) is 29.4 Å². The van der Waals surface area contributed by atoms with Crippen LogP contribution in [-0.4, -0.2) is 15.7 Å². The molecular weight excluding hydrogens is 411 g/mol. The van der Waals surface area contributed by atoms with Crippen molar-refractivity contribution in [2.45, 2.75) is 43.8 Å². The normalized spacial score (nSPS) is 13.5. The van der Waals surface area contributed by atoms with Gasteiger partial charge in [0.25, 0.3) is 5.91 Å². The molecule has 0 aliphatic heterocycles. The summed E-state index contributed by atoms with van der Waals surface area (Å²) in [6, 6.07) is 5.64. The Morgan fingerprint density at radius 2 is 1.79 bits per heavy atom. The number of hydrogen-bond donors (Lipinski definition) is 1. The smallest absolute Gasteiger partial charge is 0.255 e. The standard InChI is InChI=1S/C20H21ClF3NO2S/c1-4-14(7-11(2)3)28(27)18-8-12(5-6-15(18)21)20(26)25-13-9-16(22)19(24)17(23)10-13/h5-6,8-11,14H,4,7H2,1-3H3,(H,25,26). The molecule has 0 heterocycles. The third-order valence-corrected chi connectivity index (χ3v) is 6.49. The molecule has 0 aliphatic rings. The van der Waals surface area contributed by atoms with Gasteiger partial charge in [-0.15, -0.1) is 0 Å². The minimum Gasteiger partial charge on any atom is -0.611 e. The molecule has 8 heteroatoms. The van der Waals surface area contributed by atoms with Crippen molar-refractivity contribution in [2.24, 2.45) is 5.92 Å². The van der Waals surface area contributed by atoms with Crippen LogP contribution in [0.3, 0.4) is 0 Å². The molecule has 3 nitrogen and oxygen atoms in total. The number of benzene rings is 2. The Bertz CT molecular complexity index is 840. The first-order valence-electron chi connectivity index (χ1n) is 8.80. The van der Waals surface area contributed by atoms with Crippen LogP contribution in [0.5, 0.6) is 0 Å². The van der Waals surface area contributed by atoms with Crippen molar-refractivity contribution in [3.8, 4) is 0 Å². The molecule has 0 bridgehead atoms. The van der Waals surface area contributed by atoms with E-state index in [1.54, 1.807) is 0 Å². The van der Waals surface area contributed by atoms with Gasteiger partial charge in [-0.2, -0.15) is 0 Å². The van der Waals surface area contributed by atoms with Crippen LogP contribution in [0, 0.1) is 23.4 Å². The van der Waals surface area contributed by atoms with E-state index >= 15 is 0 Å². The van der Waals surface area contributed by atoms with Crippen molar-refractivity contribution in [3.63, 3.8) is 0 Å². The van der Waals surface area contributed by atoms with E-state index < -0.39 is 34.5 Å². The predicted octanol–water partition coefficient (Wildman–Crippen LogP) is 5.94. The molecule has 1 N–H and O–H groups in total. The average molecular weight is 432 g/mol. The van der Waals surface area contributed by atoms with E-state index in [0.717, 1.165) is 6.42 Å². The summed E-state index contributed by atoms with van der Waals surface area (Å²) < 4.78 is 52.6. The van der Waals surface area contributed by atoms with Crippen LogP contribution in [0.15, 0.2) is 35.2 Å². The number of halogens is 4. The number of anilines is 1. The fraction of sp³-hybridized carbons (Fsp3) is 0.350. The first-order chi connectivity index (χ1) is 13.1. The monoisotopic (exact) mass is 431 g/mol. The number of amides is 1. The molecule has 0 aliphatic carbocycles. The highest BCUT2D eigenvalue weighted by atomic mass is 35.5. The van der Waals surface area contributed by atoms with Gasteiger partial charge in [0.1, 0.15) is 5.25 Å². The Labute approximate surface area is 170 Å². The van der Waals surface area contributed by atoms with Gasteiger partial charge >= 0.3 is 0 Å². The molecule has 0 saturated heterocycles. The van der Waals surface area contributed by atoms with Crippen LogP contribution in [0.4, 0.5) is 18.9 Å². The summed E-state index contributed by atoms with van der Waals surface area (Å²) in [6.45, 7) is 6.01. The summed E-state index contributed by atoms with van der Waals surface area (Å²) in [7, 11) is 0. The summed E-state index contributed by atoms with van der Waals surface area (Å²) in [5.74, 6) is -4.77. The van der Waals surface area contributed by atoms with E-state index in [9.17, 15) is 22.5 Å². The highest BCUT2D eigenvalue weighted by molar-refractivity contribution is 7.92. The summed E-state index contributed by atoms with van der Waals surface area (Å²) in [4.78, 5) is 12.8. The van der Waals surface area contributed by atoms with E-state index in [1.165, 1.54) is 18.2 Å². The molecular formula is C20H21ClF3NO2S. The summed E-state index contributed by atoms with van der Waals surface area (Å²) >= 11 is 4.77. The van der Waals surface area contributed by atoms with Crippen LogP contribution >= 0.6 is 11.6 Å². The molecule has 1 amide bonds. The summed E-state index contributed by atoms with van der Waals surface area (Å²) in [5, 5.41) is 2.46. The van der Waals surface area contributed by atoms with Gasteiger partial charge in [0.15, 0.2) is 22.3 Å². The Morgan fingerprint density at radius 1 is 1.18 bits per heavy atom. The Morgan fingerprint density at radius 3 is 2.32 bits per heavy atom. The van der Waals surface area contributed by atoms with Crippen molar-refractivity contribution < 1.29 is 22.5 Å². The SMILES string of the molecule is CCC(CC(C)C)[S+]([O-])c1cc(C(=O)Nc2cc(F)c(F)c(F)c2)ccc1Cl. The molecule has 2 rings (SSSR count). The van der Waals surface area contributed by atoms with Crippen molar-refractivity contribution in [1.82, 2.24) is 0 Å². The second-order valence-electron chi connectivity index (χ2n) is 6.81. The maximum atomic E-state index is 13.3. The number of carbonyl (C=O) groups is 1. The topological polar surface area (TPSA) is 52.2 Å². The highest BCUT2D eigenvalue weighted by Crippen LogP contribution is 2.30. The zero-order valence-corrected chi connectivity index (χ0v) is 17.3. The van der Waals surface area contributed by atoms with Gasteiger partial charge in [0.2, 0.25) is 0 Å². The molecule has 2 atom stereocenters. The van der Waals surface area contributed by atoms with Crippen LogP contribution in [0.25, 0.3) is 0 Å². The first-order valence-corrected chi connectivity index (χ1v) is 10.4. The van der Waals surface area contributed by atoms with Crippen LogP contribution < -0.4 is 5.32 Å². The van der Waals surface area contributed by atoms with Crippen LogP contribution in [0.1, 0.15) is 44.0 Å². The van der Waals surface area contributed by atoms with Crippen molar-refractivity contribution in [2.75, 3.05) is 5.32 Å². The molecule has 2 unspecified atom stereocenters. The maximum Gasteiger partial charge on any atom is 0.255 e. The first kappa shape index (κ1) is 22.6.